The summed E-state index contributed by atoms with van der Waals surface area (Å²) in [5, 5.41) is 3.12. The SMILES string of the molecule is CC(C)=CCNC(C)c1cccc(F)c1F. The van der Waals surface area contributed by atoms with Crippen molar-refractivity contribution >= 4 is 0 Å². The van der Waals surface area contributed by atoms with Gasteiger partial charge in [0.2, 0.25) is 0 Å². The Labute approximate surface area is 95.2 Å². The van der Waals surface area contributed by atoms with Gasteiger partial charge in [-0.15, -0.1) is 0 Å². The van der Waals surface area contributed by atoms with Gasteiger partial charge >= 0.3 is 0 Å². The van der Waals surface area contributed by atoms with Crippen LogP contribution in [0, 0.1) is 11.6 Å². The summed E-state index contributed by atoms with van der Waals surface area (Å²) in [4.78, 5) is 0. The van der Waals surface area contributed by atoms with Gasteiger partial charge in [-0.05, 0) is 26.8 Å². The number of rotatable bonds is 4. The maximum Gasteiger partial charge on any atom is 0.163 e. The molecule has 0 radical (unpaired) electrons. The topological polar surface area (TPSA) is 12.0 Å². The van der Waals surface area contributed by atoms with Crippen LogP contribution in [0.5, 0.6) is 0 Å². The van der Waals surface area contributed by atoms with Crippen LogP contribution >= 0.6 is 0 Å². The van der Waals surface area contributed by atoms with E-state index in [-0.39, 0.29) is 6.04 Å². The number of hydrogen-bond donors (Lipinski definition) is 1. The Balaban J connectivity index is 2.69. The van der Waals surface area contributed by atoms with E-state index < -0.39 is 11.6 Å². The fraction of sp³-hybridized carbons (Fsp3) is 0.385. The first-order valence-corrected chi connectivity index (χ1v) is 5.33. The molecule has 0 heterocycles. The third-order valence-electron chi connectivity index (χ3n) is 2.38. The first-order chi connectivity index (χ1) is 7.52. The predicted octanol–water partition coefficient (Wildman–Crippen LogP) is 3.58. The van der Waals surface area contributed by atoms with E-state index in [1.807, 2.05) is 26.8 Å². The summed E-state index contributed by atoms with van der Waals surface area (Å²) < 4.78 is 26.4. The van der Waals surface area contributed by atoms with Crippen LogP contribution in [0.2, 0.25) is 0 Å². The highest BCUT2D eigenvalue weighted by Crippen LogP contribution is 2.18. The molecular weight excluding hydrogens is 208 g/mol. The molecule has 1 atom stereocenters. The summed E-state index contributed by atoms with van der Waals surface area (Å²) in [5.74, 6) is -1.56. The quantitative estimate of drug-likeness (QED) is 0.772. The van der Waals surface area contributed by atoms with Crippen molar-refractivity contribution in [3.8, 4) is 0 Å². The van der Waals surface area contributed by atoms with Crippen LogP contribution in [0.15, 0.2) is 29.8 Å². The van der Waals surface area contributed by atoms with Gasteiger partial charge in [0.25, 0.3) is 0 Å². The van der Waals surface area contributed by atoms with Crippen molar-refractivity contribution in [3.05, 3.63) is 47.0 Å². The van der Waals surface area contributed by atoms with Crippen molar-refractivity contribution in [1.29, 1.82) is 0 Å². The van der Waals surface area contributed by atoms with Gasteiger partial charge in [-0.25, -0.2) is 8.78 Å². The van der Waals surface area contributed by atoms with Crippen LogP contribution in [0.4, 0.5) is 8.78 Å². The van der Waals surface area contributed by atoms with Gasteiger partial charge in [-0.1, -0.05) is 23.8 Å². The Kier molecular flexibility index (Phi) is 4.62. The lowest BCUT2D eigenvalue weighted by molar-refractivity contribution is 0.479. The molecule has 1 nitrogen and oxygen atoms in total. The molecule has 0 aromatic heterocycles. The fourth-order valence-electron chi connectivity index (χ4n) is 1.40. The van der Waals surface area contributed by atoms with Gasteiger partial charge in [0.05, 0.1) is 0 Å². The average Bonchev–Trinajstić information content (AvgIpc) is 2.21. The summed E-state index contributed by atoms with van der Waals surface area (Å²) in [5.41, 5.74) is 1.56. The number of allylic oxidation sites excluding steroid dienone is 1. The molecular formula is C13H17F2N. The summed E-state index contributed by atoms with van der Waals surface area (Å²) in [7, 11) is 0. The van der Waals surface area contributed by atoms with E-state index in [1.54, 1.807) is 6.07 Å². The lowest BCUT2D eigenvalue weighted by Crippen LogP contribution is -2.20. The molecule has 0 aliphatic rings. The highest BCUT2D eigenvalue weighted by Gasteiger charge is 2.12. The first-order valence-electron chi connectivity index (χ1n) is 5.33. The molecule has 0 fully saturated rings. The minimum Gasteiger partial charge on any atom is -0.307 e. The molecule has 0 spiro atoms. The van der Waals surface area contributed by atoms with Crippen LogP contribution in [-0.2, 0) is 0 Å². The highest BCUT2D eigenvalue weighted by molar-refractivity contribution is 5.22. The van der Waals surface area contributed by atoms with Crippen molar-refractivity contribution in [2.75, 3.05) is 6.54 Å². The monoisotopic (exact) mass is 225 g/mol. The fourth-order valence-corrected chi connectivity index (χ4v) is 1.40. The molecule has 0 saturated carbocycles. The van der Waals surface area contributed by atoms with E-state index in [0.29, 0.717) is 12.1 Å². The lowest BCUT2D eigenvalue weighted by atomic mass is 10.1. The molecule has 0 aliphatic carbocycles. The van der Waals surface area contributed by atoms with Gasteiger partial charge in [0, 0.05) is 18.2 Å². The molecule has 1 rings (SSSR count). The minimum atomic E-state index is -0.798. The molecule has 0 saturated heterocycles. The van der Waals surface area contributed by atoms with Gasteiger partial charge in [0.1, 0.15) is 0 Å². The molecule has 0 bridgehead atoms. The third kappa shape index (κ3) is 3.42. The van der Waals surface area contributed by atoms with E-state index in [1.165, 1.54) is 11.6 Å². The Morgan fingerprint density at radius 3 is 2.69 bits per heavy atom. The highest BCUT2D eigenvalue weighted by atomic mass is 19.2. The van der Waals surface area contributed by atoms with Gasteiger partial charge in [-0.3, -0.25) is 0 Å². The largest absolute Gasteiger partial charge is 0.307 e. The second kappa shape index (κ2) is 5.75. The first kappa shape index (κ1) is 12.8. The molecule has 0 amide bonds. The zero-order valence-corrected chi connectivity index (χ0v) is 9.85. The molecule has 88 valence electrons. The molecule has 1 unspecified atom stereocenters. The predicted molar refractivity (Wildman–Crippen MR) is 62.2 cm³/mol. The van der Waals surface area contributed by atoms with Crippen LogP contribution in [0.3, 0.4) is 0 Å². The van der Waals surface area contributed by atoms with Gasteiger partial charge < -0.3 is 5.32 Å². The molecule has 16 heavy (non-hydrogen) atoms. The number of hydrogen-bond acceptors (Lipinski definition) is 1. The average molecular weight is 225 g/mol. The van der Waals surface area contributed by atoms with Gasteiger partial charge in [0.15, 0.2) is 11.6 Å². The molecule has 1 aromatic carbocycles. The minimum absolute atomic E-state index is 0.203. The van der Waals surface area contributed by atoms with Crippen molar-refractivity contribution in [1.82, 2.24) is 5.32 Å². The van der Waals surface area contributed by atoms with Crippen LogP contribution < -0.4 is 5.32 Å². The Morgan fingerprint density at radius 1 is 1.38 bits per heavy atom. The third-order valence-corrected chi connectivity index (χ3v) is 2.38. The Morgan fingerprint density at radius 2 is 2.06 bits per heavy atom. The smallest absolute Gasteiger partial charge is 0.163 e. The van der Waals surface area contributed by atoms with Crippen molar-refractivity contribution in [2.24, 2.45) is 0 Å². The summed E-state index contributed by atoms with van der Waals surface area (Å²) >= 11 is 0. The standard InChI is InChI=1S/C13H17F2N/c1-9(2)7-8-16-10(3)11-5-4-6-12(14)13(11)15/h4-7,10,16H,8H2,1-3H3. The maximum absolute atomic E-state index is 13.4. The molecule has 0 aliphatic heterocycles. The van der Waals surface area contributed by atoms with E-state index in [4.69, 9.17) is 0 Å². The zero-order valence-electron chi connectivity index (χ0n) is 9.85. The summed E-state index contributed by atoms with van der Waals surface area (Å²) in [6, 6.07) is 4.04. The van der Waals surface area contributed by atoms with Crippen molar-refractivity contribution < 1.29 is 8.78 Å². The summed E-state index contributed by atoms with van der Waals surface area (Å²) in [6.07, 6.45) is 2.01. The van der Waals surface area contributed by atoms with E-state index in [0.717, 1.165) is 6.07 Å². The van der Waals surface area contributed by atoms with Gasteiger partial charge in [-0.2, -0.15) is 0 Å². The second-order valence-corrected chi connectivity index (χ2v) is 4.05. The zero-order chi connectivity index (χ0) is 12.1. The number of benzene rings is 1. The molecule has 1 N–H and O–H groups in total. The molecule has 1 aromatic rings. The summed E-state index contributed by atoms with van der Waals surface area (Å²) in [6.45, 7) is 6.46. The van der Waals surface area contributed by atoms with Crippen LogP contribution in [-0.4, -0.2) is 6.54 Å². The number of halogens is 2. The van der Waals surface area contributed by atoms with Crippen molar-refractivity contribution in [3.63, 3.8) is 0 Å². The van der Waals surface area contributed by atoms with Crippen LogP contribution in [0.25, 0.3) is 0 Å². The van der Waals surface area contributed by atoms with E-state index in [2.05, 4.69) is 5.32 Å². The maximum atomic E-state index is 13.4. The Hall–Kier alpha value is -1.22. The van der Waals surface area contributed by atoms with Crippen LogP contribution in [0.1, 0.15) is 32.4 Å². The number of nitrogens with one attached hydrogen (secondary N) is 1. The molecule has 3 heteroatoms. The van der Waals surface area contributed by atoms with E-state index in [9.17, 15) is 8.78 Å². The van der Waals surface area contributed by atoms with E-state index >= 15 is 0 Å². The Bertz CT molecular complexity index is 382. The lowest BCUT2D eigenvalue weighted by Gasteiger charge is -2.14. The van der Waals surface area contributed by atoms with Crippen molar-refractivity contribution in [2.45, 2.75) is 26.8 Å². The second-order valence-electron chi connectivity index (χ2n) is 4.05. The normalized spacial score (nSPS) is 12.3.